The van der Waals surface area contributed by atoms with E-state index in [-0.39, 0.29) is 17.9 Å². The van der Waals surface area contributed by atoms with Gasteiger partial charge in [0.1, 0.15) is 0 Å². The lowest BCUT2D eigenvalue weighted by Gasteiger charge is -2.21. The summed E-state index contributed by atoms with van der Waals surface area (Å²) in [5.41, 5.74) is 1.92. The Morgan fingerprint density at radius 3 is 2.39 bits per heavy atom. The van der Waals surface area contributed by atoms with Crippen LogP contribution in [0.5, 0.6) is 0 Å². The fourth-order valence-corrected chi connectivity index (χ4v) is 5.97. The molecule has 2 atom stereocenters. The monoisotopic (exact) mass is 351 g/mol. The zero-order valence-electron chi connectivity index (χ0n) is 12.9. The van der Waals surface area contributed by atoms with E-state index in [0.717, 1.165) is 6.42 Å². The van der Waals surface area contributed by atoms with Gasteiger partial charge in [-0.2, -0.15) is 0 Å². The Morgan fingerprint density at radius 1 is 1.09 bits per heavy atom. The maximum atomic E-state index is 12.3. The summed E-state index contributed by atoms with van der Waals surface area (Å²) < 4.78 is 0.479. The molecule has 1 aliphatic heterocycles. The summed E-state index contributed by atoms with van der Waals surface area (Å²) in [4.78, 5) is 23.3. The zero-order chi connectivity index (χ0) is 16.2. The molecule has 1 aromatic carbocycles. The molecule has 3 rings (SSSR count). The predicted molar refractivity (Wildman–Crippen MR) is 94.9 cm³/mol. The Morgan fingerprint density at radius 2 is 1.78 bits per heavy atom. The summed E-state index contributed by atoms with van der Waals surface area (Å²) >= 11 is 3.93. The quantitative estimate of drug-likeness (QED) is 0.868. The van der Waals surface area contributed by atoms with Crippen LogP contribution in [-0.2, 0) is 4.79 Å². The second-order valence-electron chi connectivity index (χ2n) is 6.07. The lowest BCUT2D eigenvalue weighted by molar-refractivity contribution is -0.141. The molecule has 2 N–H and O–H groups in total. The van der Waals surface area contributed by atoms with Gasteiger partial charge in [-0.25, -0.2) is 0 Å². The number of hydrogen-bond acceptors (Lipinski definition) is 4. The van der Waals surface area contributed by atoms with Crippen LogP contribution in [0.4, 0.5) is 0 Å². The molecule has 0 aromatic heterocycles. The van der Waals surface area contributed by atoms with E-state index in [0.29, 0.717) is 23.0 Å². The topological polar surface area (TPSA) is 66.4 Å². The number of nitrogens with one attached hydrogen (secondary N) is 1. The van der Waals surface area contributed by atoms with Crippen LogP contribution < -0.4 is 5.32 Å². The molecule has 23 heavy (non-hydrogen) atoms. The van der Waals surface area contributed by atoms with E-state index in [1.165, 1.54) is 23.5 Å². The molecule has 1 aromatic rings. The van der Waals surface area contributed by atoms with Crippen molar-refractivity contribution in [2.75, 3.05) is 11.5 Å². The lowest BCUT2D eigenvalue weighted by Crippen LogP contribution is -2.33. The Kier molecular flexibility index (Phi) is 5.54. The second kappa shape index (κ2) is 7.62. The molecule has 0 radical (unpaired) electrons. The second-order valence-corrected chi connectivity index (χ2v) is 8.79. The third-order valence-corrected chi connectivity index (χ3v) is 7.40. The molecule has 1 saturated heterocycles. The molecular formula is C17H21NO3S2. The standard InChI is InChI=1S/C17H21NO3S2/c19-15(18-14-7-6-13(10-14)16(20)21)11-2-4-12(5-3-11)17-22-8-1-9-23-17/h2-5,13-14,17H,1,6-10H2,(H,18,19)(H,20,21)/t13-,14+/m0/s1. The number of carboxylic acid groups (broad SMARTS) is 1. The van der Waals surface area contributed by atoms with E-state index in [4.69, 9.17) is 5.11 Å². The van der Waals surface area contributed by atoms with Gasteiger partial charge in [-0.3, -0.25) is 9.59 Å². The van der Waals surface area contributed by atoms with Gasteiger partial charge in [0.05, 0.1) is 10.5 Å². The minimum Gasteiger partial charge on any atom is -0.481 e. The van der Waals surface area contributed by atoms with Gasteiger partial charge in [-0.15, -0.1) is 23.5 Å². The molecular weight excluding hydrogens is 330 g/mol. The van der Waals surface area contributed by atoms with Crippen molar-refractivity contribution in [1.82, 2.24) is 5.32 Å². The molecule has 1 saturated carbocycles. The van der Waals surface area contributed by atoms with Gasteiger partial charge in [-0.1, -0.05) is 12.1 Å². The van der Waals surface area contributed by atoms with Crippen LogP contribution in [0, 0.1) is 5.92 Å². The summed E-state index contributed by atoms with van der Waals surface area (Å²) in [5.74, 6) is 1.23. The van der Waals surface area contributed by atoms with Crippen molar-refractivity contribution in [1.29, 1.82) is 0 Å². The van der Waals surface area contributed by atoms with Gasteiger partial charge in [0.25, 0.3) is 5.91 Å². The van der Waals surface area contributed by atoms with Crippen molar-refractivity contribution in [3.63, 3.8) is 0 Å². The van der Waals surface area contributed by atoms with Crippen LogP contribution in [0.1, 0.15) is 46.2 Å². The number of aliphatic carboxylic acids is 1. The first-order valence-corrected chi connectivity index (χ1v) is 10.1. The summed E-state index contributed by atoms with van der Waals surface area (Å²) in [6, 6.07) is 7.82. The van der Waals surface area contributed by atoms with Gasteiger partial charge < -0.3 is 10.4 Å². The summed E-state index contributed by atoms with van der Waals surface area (Å²) in [6.07, 6.45) is 3.20. The van der Waals surface area contributed by atoms with Crippen LogP contribution in [0.3, 0.4) is 0 Å². The Hall–Kier alpha value is -1.14. The minimum absolute atomic E-state index is 0.0206. The Balaban J connectivity index is 1.56. The van der Waals surface area contributed by atoms with Crippen LogP contribution in [-0.4, -0.2) is 34.5 Å². The van der Waals surface area contributed by atoms with Gasteiger partial charge in [0.15, 0.2) is 0 Å². The third kappa shape index (κ3) is 4.23. The number of hydrogen-bond donors (Lipinski definition) is 2. The van der Waals surface area contributed by atoms with E-state index in [1.54, 1.807) is 0 Å². The summed E-state index contributed by atoms with van der Waals surface area (Å²) in [7, 11) is 0. The maximum absolute atomic E-state index is 12.3. The molecule has 0 spiro atoms. The molecule has 2 fully saturated rings. The average molecular weight is 351 g/mol. The number of carboxylic acids is 1. The molecule has 1 amide bonds. The number of rotatable bonds is 4. The van der Waals surface area contributed by atoms with E-state index in [2.05, 4.69) is 5.32 Å². The maximum Gasteiger partial charge on any atom is 0.306 e. The normalized spacial score (nSPS) is 25.2. The molecule has 124 valence electrons. The van der Waals surface area contributed by atoms with Crippen LogP contribution in [0.15, 0.2) is 24.3 Å². The minimum atomic E-state index is -0.756. The van der Waals surface area contributed by atoms with Gasteiger partial charge in [0, 0.05) is 11.6 Å². The van der Waals surface area contributed by atoms with E-state index < -0.39 is 5.97 Å². The van der Waals surface area contributed by atoms with Crippen molar-refractivity contribution in [2.45, 2.75) is 36.3 Å². The summed E-state index contributed by atoms with van der Waals surface area (Å²) in [6.45, 7) is 0. The molecule has 1 heterocycles. The first-order chi connectivity index (χ1) is 11.1. The number of carbonyl (C=O) groups is 2. The average Bonchev–Trinajstić information content (AvgIpc) is 3.04. The van der Waals surface area contributed by atoms with Gasteiger partial charge in [0.2, 0.25) is 0 Å². The third-order valence-electron chi connectivity index (χ3n) is 4.39. The molecule has 6 heteroatoms. The number of carbonyl (C=O) groups excluding carboxylic acids is 1. The lowest BCUT2D eigenvalue weighted by atomic mass is 10.1. The molecule has 4 nitrogen and oxygen atoms in total. The van der Waals surface area contributed by atoms with Gasteiger partial charge >= 0.3 is 5.97 Å². The predicted octanol–water partition coefficient (Wildman–Crippen LogP) is 3.54. The van der Waals surface area contributed by atoms with E-state index in [1.807, 2.05) is 47.8 Å². The summed E-state index contributed by atoms with van der Waals surface area (Å²) in [5, 5.41) is 12.0. The number of amides is 1. The first kappa shape index (κ1) is 16.7. The smallest absolute Gasteiger partial charge is 0.306 e. The zero-order valence-corrected chi connectivity index (χ0v) is 14.5. The molecule has 0 bridgehead atoms. The van der Waals surface area contributed by atoms with Crippen molar-refractivity contribution < 1.29 is 14.7 Å². The molecule has 2 aliphatic rings. The largest absolute Gasteiger partial charge is 0.481 e. The Bertz CT molecular complexity index is 570. The fraction of sp³-hybridized carbons (Fsp3) is 0.529. The Labute approximate surface area is 144 Å². The number of thioether (sulfide) groups is 2. The van der Waals surface area contributed by atoms with Crippen LogP contribution in [0.25, 0.3) is 0 Å². The highest BCUT2D eigenvalue weighted by Gasteiger charge is 2.30. The first-order valence-electron chi connectivity index (χ1n) is 8.00. The highest BCUT2D eigenvalue weighted by Crippen LogP contribution is 2.43. The van der Waals surface area contributed by atoms with Crippen molar-refractivity contribution in [3.8, 4) is 0 Å². The van der Waals surface area contributed by atoms with Crippen molar-refractivity contribution in [3.05, 3.63) is 35.4 Å². The highest BCUT2D eigenvalue weighted by molar-refractivity contribution is 8.16. The highest BCUT2D eigenvalue weighted by atomic mass is 32.2. The SMILES string of the molecule is O=C(N[C@@H]1CC[C@H](C(=O)O)C1)c1ccc(C2SCCCS2)cc1. The van der Waals surface area contributed by atoms with E-state index in [9.17, 15) is 9.59 Å². The number of benzene rings is 1. The van der Waals surface area contributed by atoms with Crippen LogP contribution >= 0.6 is 23.5 Å². The van der Waals surface area contributed by atoms with E-state index >= 15 is 0 Å². The molecule has 1 aliphatic carbocycles. The van der Waals surface area contributed by atoms with Crippen LogP contribution in [0.2, 0.25) is 0 Å². The molecule has 0 unspecified atom stereocenters. The van der Waals surface area contributed by atoms with Crippen molar-refractivity contribution >= 4 is 35.4 Å². The fourth-order valence-electron chi connectivity index (χ4n) is 3.08. The van der Waals surface area contributed by atoms with Gasteiger partial charge in [-0.05, 0) is 54.9 Å². The van der Waals surface area contributed by atoms with Crippen molar-refractivity contribution in [2.24, 2.45) is 5.92 Å².